The maximum atomic E-state index is 8.17. The van der Waals surface area contributed by atoms with Gasteiger partial charge in [0.25, 0.3) is 0 Å². The summed E-state index contributed by atoms with van der Waals surface area (Å²) in [5.74, 6) is 0. The van der Waals surface area contributed by atoms with Gasteiger partial charge in [-0.05, 0) is 0 Å². The van der Waals surface area contributed by atoms with Gasteiger partial charge in [0.2, 0.25) is 0 Å². The van der Waals surface area contributed by atoms with Crippen LogP contribution in [0.2, 0.25) is 0 Å². The van der Waals surface area contributed by atoms with Crippen molar-refractivity contribution in [2.75, 3.05) is 0 Å². The Balaban J connectivity index is -0.000000000238. The predicted octanol–water partition coefficient (Wildman–Crippen LogP) is -2.88. The van der Waals surface area contributed by atoms with Crippen LogP contribution in [0.5, 0.6) is 0 Å². The van der Waals surface area contributed by atoms with Crippen LogP contribution in [0.4, 0.5) is 0 Å². The number of hydrogen-bond donors (Lipinski definition) is 0. The summed E-state index contributed by atoms with van der Waals surface area (Å²) in [6, 6.07) is 0. The van der Waals surface area contributed by atoms with Crippen molar-refractivity contribution in [2.24, 2.45) is 0 Å². The van der Waals surface area contributed by atoms with Crippen molar-refractivity contribution < 1.29 is 34.8 Å². The van der Waals surface area contributed by atoms with Gasteiger partial charge in [-0.3, -0.25) is 0 Å². The zero-order valence-electron chi connectivity index (χ0n) is 5.33. The minimum absolute atomic E-state index is 0. The van der Waals surface area contributed by atoms with Crippen molar-refractivity contribution >= 4 is 90.3 Å². The van der Waals surface area contributed by atoms with E-state index in [-0.39, 0.29) is 105 Å². The Morgan fingerprint density at radius 3 is 0.875 bits per heavy atom. The van der Waals surface area contributed by atoms with Crippen LogP contribution in [0.1, 0.15) is 1.43 Å². The second-order valence-corrected chi connectivity index (χ2v) is 0. The van der Waals surface area contributed by atoms with Crippen LogP contribution >= 0.6 is 49.6 Å². The zero-order valence-corrected chi connectivity index (χ0v) is 14.8. The van der Waals surface area contributed by atoms with Crippen molar-refractivity contribution in [1.82, 2.24) is 0 Å². The molecule has 0 N–H and O–H groups in total. The van der Waals surface area contributed by atoms with Gasteiger partial charge in [-0.15, -0.1) is 49.6 Å². The Kier molecular flexibility index (Phi) is 660. The fourth-order valence-corrected chi connectivity index (χ4v) is 0. The van der Waals surface area contributed by atoms with E-state index in [0.717, 1.165) is 0 Å². The molecule has 0 rings (SSSR count). The Labute approximate surface area is 123 Å². The Hall–Kier alpha value is 3.31. The van der Waals surface area contributed by atoms with E-state index in [1.807, 2.05) is 0 Å². The van der Waals surface area contributed by atoms with Crippen molar-refractivity contribution in [3.8, 4) is 0 Å². The van der Waals surface area contributed by atoms with Gasteiger partial charge in [0.05, 0.1) is 0 Å². The van der Waals surface area contributed by atoms with Crippen LogP contribution in [-0.4, -0.2) is 40.7 Å². The van der Waals surface area contributed by atoms with E-state index in [1.165, 1.54) is 16.2 Å². The second-order valence-electron chi connectivity index (χ2n) is 0. The Morgan fingerprint density at radius 1 is 0.875 bits per heavy atom. The van der Waals surface area contributed by atoms with Crippen LogP contribution < -0.4 is 29.6 Å². The summed E-state index contributed by atoms with van der Waals surface area (Å²) in [6.45, 7) is 0. The molecule has 0 bridgehead atoms. The Bertz CT molecular complexity index is 20.5. The first-order valence-electron chi connectivity index (χ1n) is 0.236. The third-order valence-corrected chi connectivity index (χ3v) is 0. The van der Waals surface area contributed by atoms with E-state index in [0.29, 0.717) is 0 Å². The van der Waals surface area contributed by atoms with Crippen molar-refractivity contribution in [3.05, 3.63) is 0 Å². The van der Waals surface area contributed by atoms with Crippen LogP contribution in [0, 0.1) is 0 Å². The molecule has 0 fully saturated rings. The monoisotopic (exact) mass is 335 g/mol. The fourth-order valence-electron chi connectivity index (χ4n) is 0. The van der Waals surface area contributed by atoms with Crippen LogP contribution in [-0.2, 0) is 3.80 Å². The molecule has 51 valence electrons. The molecule has 0 heterocycles. The summed E-state index contributed by atoms with van der Waals surface area (Å²) in [5.41, 5.74) is 0. The summed E-state index contributed by atoms with van der Waals surface area (Å²) in [5, 5.41) is 0. The molecule has 0 aliphatic carbocycles. The first-order valence-corrected chi connectivity index (χ1v) is 0.707. The van der Waals surface area contributed by atoms with E-state index >= 15 is 0 Å². The average Bonchev–Trinajstić information content (AvgIpc) is 1.00. The third kappa shape index (κ3) is 58.7. The van der Waals surface area contributed by atoms with Gasteiger partial charge in [-0.1, -0.05) is 0 Å². The molecule has 0 saturated heterocycles. The van der Waals surface area contributed by atoms with E-state index < -0.39 is 0 Å². The minimum atomic E-state index is 0. The summed E-state index contributed by atoms with van der Waals surface area (Å²) in [4.78, 5) is 0. The molecule has 8 heavy (non-hydrogen) atoms. The summed E-state index contributed by atoms with van der Waals surface area (Å²) in [7, 11) is 0. The summed E-state index contributed by atoms with van der Waals surface area (Å²) >= 11 is 1.17. The molecular weight excluding hydrogens is 330 g/mol. The van der Waals surface area contributed by atoms with E-state index in [9.17, 15) is 0 Å². The quantitative estimate of drug-likeness (QED) is 0.434. The Morgan fingerprint density at radius 2 is 0.875 bits per heavy atom. The van der Waals surface area contributed by atoms with Crippen LogP contribution in [0.15, 0.2) is 0 Å². The normalized spacial score (nSPS) is 0.375. The molecule has 0 aromatic carbocycles. The molecule has 0 aromatic rings. The topological polar surface area (TPSA) is 17.1 Å². The zero-order chi connectivity index (χ0) is 2.00. The number of halogens is 4. The van der Waals surface area contributed by atoms with E-state index in [1.54, 1.807) is 0 Å². The average molecular weight is 338 g/mol. The molecule has 0 aromatic heterocycles. The molecule has 0 atom stereocenters. The number of rotatable bonds is 0. The molecule has 0 aliphatic rings. The molecule has 0 amide bonds. The SMILES string of the molecule is Cl.Cl.Cl.Cl.[H-].[Na+].[O]=[Al].[SbH3]. The van der Waals surface area contributed by atoms with E-state index in [4.69, 9.17) is 3.80 Å². The second kappa shape index (κ2) is 81.5. The maximum absolute atomic E-state index is 8.17. The van der Waals surface area contributed by atoms with Crippen molar-refractivity contribution in [1.29, 1.82) is 0 Å². The van der Waals surface area contributed by atoms with Crippen LogP contribution in [0.25, 0.3) is 0 Å². The van der Waals surface area contributed by atoms with Crippen molar-refractivity contribution in [2.45, 2.75) is 0 Å². The third-order valence-electron chi connectivity index (χ3n) is 0. The van der Waals surface area contributed by atoms with Crippen molar-refractivity contribution in [3.63, 3.8) is 0 Å². The molecule has 1 nitrogen and oxygen atoms in total. The van der Waals surface area contributed by atoms with Gasteiger partial charge in [-0.2, -0.15) is 0 Å². The number of hydrogen-bond acceptors (Lipinski definition) is 1. The summed E-state index contributed by atoms with van der Waals surface area (Å²) < 4.78 is 8.17. The molecule has 0 saturated carbocycles. The summed E-state index contributed by atoms with van der Waals surface area (Å²) in [6.07, 6.45) is 0. The first kappa shape index (κ1) is 64.7. The fraction of sp³-hybridized carbons (Fsp3) is 0. The molecular formula is H8AlCl4NaOSb. The molecule has 1 radical (unpaired) electrons. The van der Waals surface area contributed by atoms with Gasteiger partial charge in [0, 0.05) is 0 Å². The van der Waals surface area contributed by atoms with E-state index in [2.05, 4.69) is 0 Å². The standard InChI is InChI=1S/Al.4ClH.Na.O.Sb.4H/h;4*1H;;;;;;;/q;;;;;+1;;;;;;-1. The van der Waals surface area contributed by atoms with Gasteiger partial charge in [0.15, 0.2) is 0 Å². The molecule has 8 heteroatoms. The van der Waals surface area contributed by atoms with Gasteiger partial charge in [0.1, 0.15) is 0 Å². The van der Waals surface area contributed by atoms with Crippen LogP contribution in [0.3, 0.4) is 0 Å². The molecule has 0 unspecified atom stereocenters. The van der Waals surface area contributed by atoms with Gasteiger partial charge >= 0.3 is 74.0 Å². The molecule has 0 spiro atoms. The predicted molar refractivity (Wildman–Crippen MR) is 46.5 cm³/mol. The van der Waals surface area contributed by atoms with Gasteiger partial charge in [-0.25, -0.2) is 0 Å². The first-order chi connectivity index (χ1) is 1.00. The molecule has 0 aliphatic heterocycles. The van der Waals surface area contributed by atoms with Gasteiger partial charge < -0.3 is 1.43 Å².